The van der Waals surface area contributed by atoms with Crippen LogP contribution >= 0.6 is 0 Å². The number of carbonyl (C=O) groups excluding carboxylic acids is 4. The second-order valence-electron chi connectivity index (χ2n) is 11.8. The summed E-state index contributed by atoms with van der Waals surface area (Å²) in [6, 6.07) is 14.7. The molecule has 2 aliphatic rings. The van der Waals surface area contributed by atoms with E-state index >= 15 is 0 Å². The Hall–Kier alpha value is -4.34. The van der Waals surface area contributed by atoms with E-state index in [4.69, 9.17) is 0 Å². The summed E-state index contributed by atoms with van der Waals surface area (Å²) in [6.07, 6.45) is 10.3. The van der Waals surface area contributed by atoms with Crippen LogP contribution in [0.5, 0.6) is 0 Å². The van der Waals surface area contributed by atoms with Gasteiger partial charge in [-0.05, 0) is 74.9 Å². The monoisotopic (exact) mass is 600 g/mol. The molecule has 2 aliphatic carbocycles. The number of carbonyl (C=O) groups is 4. The normalized spacial score (nSPS) is 16.6. The van der Waals surface area contributed by atoms with E-state index in [1.807, 2.05) is 48.5 Å². The second-order valence-corrected chi connectivity index (χ2v) is 11.8. The van der Waals surface area contributed by atoms with Crippen molar-refractivity contribution in [3.05, 3.63) is 59.7 Å². The average molecular weight is 601 g/mol. The third-order valence-corrected chi connectivity index (χ3v) is 8.32. The number of nitrogens with zero attached hydrogens (tertiary/aromatic N) is 2. The van der Waals surface area contributed by atoms with E-state index in [1.165, 1.54) is 12.8 Å². The molecule has 4 N–H and O–H groups in total. The topological polar surface area (TPSA) is 141 Å². The number of hydrogen-bond acceptors (Lipinski definition) is 6. The molecule has 0 spiro atoms. The van der Waals surface area contributed by atoms with Gasteiger partial charge in [0.05, 0.1) is 11.4 Å². The summed E-state index contributed by atoms with van der Waals surface area (Å²) < 4.78 is 0. The molecule has 0 saturated heterocycles. The first-order valence-corrected chi connectivity index (χ1v) is 15.8. The highest BCUT2D eigenvalue weighted by molar-refractivity contribution is 6.02. The number of hydrogen-bond donors (Lipinski definition) is 4. The maximum Gasteiger partial charge on any atom is 0.240 e. The van der Waals surface area contributed by atoms with Crippen molar-refractivity contribution in [1.82, 2.24) is 10.9 Å². The lowest BCUT2D eigenvalue weighted by Crippen LogP contribution is -2.25. The van der Waals surface area contributed by atoms with Gasteiger partial charge < -0.3 is 10.6 Å². The van der Waals surface area contributed by atoms with Gasteiger partial charge in [0, 0.05) is 36.1 Å². The van der Waals surface area contributed by atoms with Crippen molar-refractivity contribution in [3.8, 4) is 0 Å². The number of nitrogens with one attached hydrogen (secondary N) is 4. The summed E-state index contributed by atoms with van der Waals surface area (Å²) in [6.45, 7) is 3.53. The van der Waals surface area contributed by atoms with Crippen molar-refractivity contribution in [2.24, 2.45) is 22.0 Å². The van der Waals surface area contributed by atoms with Crippen LogP contribution in [0.3, 0.4) is 0 Å². The zero-order valence-electron chi connectivity index (χ0n) is 25.8. The predicted molar refractivity (Wildman–Crippen MR) is 173 cm³/mol. The number of anilines is 2. The minimum Gasteiger partial charge on any atom is -0.326 e. The van der Waals surface area contributed by atoms with Crippen LogP contribution in [-0.4, -0.2) is 35.1 Å². The minimum absolute atomic E-state index is 0.0504. The summed E-state index contributed by atoms with van der Waals surface area (Å²) in [4.78, 5) is 49.9. The van der Waals surface area contributed by atoms with Crippen LogP contribution in [-0.2, 0) is 19.2 Å². The van der Waals surface area contributed by atoms with Crippen molar-refractivity contribution in [2.45, 2.75) is 90.9 Å². The van der Waals surface area contributed by atoms with E-state index in [0.717, 1.165) is 62.5 Å². The summed E-state index contributed by atoms with van der Waals surface area (Å²) >= 11 is 0. The average Bonchev–Trinajstić information content (AvgIpc) is 3.06. The molecule has 4 amide bonds. The first-order chi connectivity index (χ1) is 21.3. The highest BCUT2D eigenvalue weighted by Crippen LogP contribution is 2.26. The van der Waals surface area contributed by atoms with E-state index in [2.05, 4.69) is 31.7 Å². The highest BCUT2D eigenvalue weighted by Gasteiger charge is 2.22. The van der Waals surface area contributed by atoms with E-state index in [-0.39, 0.29) is 36.5 Å². The quantitative estimate of drug-likeness (QED) is 0.189. The second kappa shape index (κ2) is 16.5. The Bertz CT molecular complexity index is 1280. The molecule has 0 unspecified atom stereocenters. The van der Waals surface area contributed by atoms with Crippen molar-refractivity contribution < 1.29 is 19.2 Å². The van der Waals surface area contributed by atoms with Gasteiger partial charge in [0.1, 0.15) is 0 Å². The molecule has 2 fully saturated rings. The van der Waals surface area contributed by atoms with Crippen LogP contribution in [0.15, 0.2) is 58.7 Å². The molecule has 0 bridgehead atoms. The lowest BCUT2D eigenvalue weighted by molar-refractivity contribution is -0.126. The van der Waals surface area contributed by atoms with Gasteiger partial charge in [-0.2, -0.15) is 10.2 Å². The van der Waals surface area contributed by atoms with Gasteiger partial charge >= 0.3 is 0 Å². The molecule has 234 valence electrons. The van der Waals surface area contributed by atoms with Crippen molar-refractivity contribution in [1.29, 1.82) is 0 Å². The fourth-order valence-corrected chi connectivity index (χ4v) is 5.62. The molecule has 4 rings (SSSR count). The Morgan fingerprint density at radius 3 is 1.39 bits per heavy atom. The van der Waals surface area contributed by atoms with Gasteiger partial charge in [0.25, 0.3) is 0 Å². The van der Waals surface area contributed by atoms with Crippen LogP contribution in [0, 0.1) is 11.8 Å². The third-order valence-electron chi connectivity index (χ3n) is 8.32. The highest BCUT2D eigenvalue weighted by atomic mass is 16.2. The van der Waals surface area contributed by atoms with Crippen LogP contribution in [0.1, 0.15) is 102 Å². The largest absolute Gasteiger partial charge is 0.326 e. The van der Waals surface area contributed by atoms with E-state index in [1.54, 1.807) is 13.8 Å². The van der Waals surface area contributed by atoms with Gasteiger partial charge in [-0.25, -0.2) is 10.9 Å². The smallest absolute Gasteiger partial charge is 0.240 e. The van der Waals surface area contributed by atoms with Gasteiger partial charge in [-0.3, -0.25) is 19.2 Å². The summed E-state index contributed by atoms with van der Waals surface area (Å²) in [5.41, 5.74) is 9.08. The molecule has 2 aromatic rings. The third kappa shape index (κ3) is 10.1. The Balaban J connectivity index is 1.21. The van der Waals surface area contributed by atoms with Crippen molar-refractivity contribution in [2.75, 3.05) is 10.6 Å². The predicted octanol–water partition coefficient (Wildman–Crippen LogP) is 5.89. The SMILES string of the molecule is C/C(=N/NC(=O)CCC(=O)N/N=C(/C)c1cccc(NC(=O)C2CCCCC2)c1)c1cccc(NC(=O)C2CCCCC2)c1. The molecule has 10 heteroatoms. The molecule has 0 heterocycles. The van der Waals surface area contributed by atoms with Crippen LogP contribution in [0.2, 0.25) is 0 Å². The molecule has 0 radical (unpaired) electrons. The fraction of sp³-hybridized carbons (Fsp3) is 0.471. The molecule has 44 heavy (non-hydrogen) atoms. The van der Waals surface area contributed by atoms with Crippen LogP contribution in [0.4, 0.5) is 11.4 Å². The number of benzene rings is 2. The molecule has 0 aliphatic heterocycles. The number of amides is 4. The Morgan fingerprint density at radius 2 is 1.00 bits per heavy atom. The summed E-state index contributed by atoms with van der Waals surface area (Å²) in [5, 5.41) is 14.3. The molecule has 2 saturated carbocycles. The van der Waals surface area contributed by atoms with Crippen LogP contribution < -0.4 is 21.5 Å². The maximum atomic E-state index is 12.6. The molecule has 0 atom stereocenters. The lowest BCUT2D eigenvalue weighted by atomic mass is 9.88. The van der Waals surface area contributed by atoms with Gasteiger partial charge in [0.15, 0.2) is 0 Å². The van der Waals surface area contributed by atoms with E-state index < -0.39 is 11.8 Å². The Morgan fingerprint density at radius 1 is 0.614 bits per heavy atom. The Labute approximate surface area is 259 Å². The molecule has 0 aromatic heterocycles. The molecule has 10 nitrogen and oxygen atoms in total. The standard InChI is InChI=1S/C34H44N6O4/c1-23(27-15-9-17-29(21-27)35-33(43)25-11-5-3-6-12-25)37-39-31(41)19-20-32(42)40-38-24(2)28-16-10-18-30(22-28)36-34(44)26-13-7-4-8-14-26/h9-10,15-18,21-22,25-26H,3-8,11-14,19-20H2,1-2H3,(H,35,43)(H,36,44)(H,39,41)(H,40,42)/b37-23-,38-24-. The summed E-state index contributed by atoms with van der Waals surface area (Å²) in [5.74, 6) is -0.579. The first-order valence-electron chi connectivity index (χ1n) is 15.8. The minimum atomic E-state index is -0.400. The molecular formula is C34H44N6O4. The number of rotatable bonds is 11. The van der Waals surface area contributed by atoms with Gasteiger partial charge in [-0.15, -0.1) is 0 Å². The first kappa shape index (κ1) is 32.6. The summed E-state index contributed by atoms with van der Waals surface area (Å²) in [7, 11) is 0. The van der Waals surface area contributed by atoms with E-state index in [0.29, 0.717) is 22.8 Å². The zero-order chi connectivity index (χ0) is 31.3. The lowest BCUT2D eigenvalue weighted by Gasteiger charge is -2.20. The van der Waals surface area contributed by atoms with Gasteiger partial charge in [0.2, 0.25) is 23.6 Å². The maximum absolute atomic E-state index is 12.6. The van der Waals surface area contributed by atoms with Crippen LogP contribution in [0.25, 0.3) is 0 Å². The van der Waals surface area contributed by atoms with E-state index in [9.17, 15) is 19.2 Å². The van der Waals surface area contributed by atoms with Gasteiger partial charge in [-0.1, -0.05) is 62.8 Å². The Kier molecular flexibility index (Phi) is 12.2. The molecular weight excluding hydrogens is 556 g/mol. The van der Waals surface area contributed by atoms with Crippen molar-refractivity contribution in [3.63, 3.8) is 0 Å². The number of hydrazone groups is 2. The van der Waals surface area contributed by atoms with Crippen molar-refractivity contribution >= 4 is 46.4 Å². The fourth-order valence-electron chi connectivity index (χ4n) is 5.62. The zero-order valence-corrected chi connectivity index (χ0v) is 25.8. The molecule has 2 aromatic carbocycles.